The van der Waals surface area contributed by atoms with Gasteiger partial charge < -0.3 is 10.6 Å². The van der Waals surface area contributed by atoms with Gasteiger partial charge in [-0.15, -0.1) is 0 Å². The second kappa shape index (κ2) is 5.77. The van der Waals surface area contributed by atoms with E-state index < -0.39 is 0 Å². The Morgan fingerprint density at radius 3 is 2.39 bits per heavy atom. The number of aromatic nitrogens is 2. The number of hydrogen-bond donors (Lipinski definition) is 2. The maximum absolute atomic E-state index is 7.32. The average molecular weight is 241 g/mol. The Bertz CT molecular complexity index is 458. The van der Waals surface area contributed by atoms with Crippen molar-refractivity contribution in [2.75, 3.05) is 11.4 Å². The molecule has 0 aliphatic heterocycles. The first-order valence-corrected chi connectivity index (χ1v) is 5.70. The highest BCUT2D eigenvalue weighted by Crippen LogP contribution is 2.20. The lowest BCUT2D eigenvalue weighted by molar-refractivity contribution is 0.903. The number of benzene rings is 1. The molecule has 0 aliphatic rings. The monoisotopic (exact) mass is 241 g/mol. The van der Waals surface area contributed by atoms with Gasteiger partial charge in [0.1, 0.15) is 0 Å². The van der Waals surface area contributed by atoms with Gasteiger partial charge in [0, 0.05) is 31.0 Å². The van der Waals surface area contributed by atoms with Crippen LogP contribution in [0.15, 0.2) is 48.8 Å². The van der Waals surface area contributed by atoms with Crippen LogP contribution in [0.4, 0.5) is 11.6 Å². The molecule has 0 aliphatic carbocycles. The van der Waals surface area contributed by atoms with Gasteiger partial charge in [-0.3, -0.25) is 5.41 Å². The predicted molar refractivity (Wildman–Crippen MR) is 72.0 cm³/mol. The molecule has 0 bridgehead atoms. The lowest BCUT2D eigenvalue weighted by Gasteiger charge is -2.22. The van der Waals surface area contributed by atoms with Crippen molar-refractivity contribution in [2.24, 2.45) is 5.73 Å². The summed E-state index contributed by atoms with van der Waals surface area (Å²) in [6.07, 6.45) is 3.88. The highest BCUT2D eigenvalue weighted by atomic mass is 15.2. The zero-order chi connectivity index (χ0) is 12.8. The van der Waals surface area contributed by atoms with Gasteiger partial charge in [0.25, 0.3) is 0 Å². The summed E-state index contributed by atoms with van der Waals surface area (Å²) in [5.74, 6) is 0.775. The molecule has 3 N–H and O–H groups in total. The van der Waals surface area contributed by atoms with Crippen molar-refractivity contribution in [2.45, 2.75) is 6.42 Å². The van der Waals surface area contributed by atoms with Gasteiger partial charge >= 0.3 is 0 Å². The average Bonchev–Trinajstić information content (AvgIpc) is 2.41. The molecule has 0 radical (unpaired) electrons. The van der Waals surface area contributed by atoms with Gasteiger partial charge in [0.2, 0.25) is 5.95 Å². The van der Waals surface area contributed by atoms with Crippen LogP contribution in [-0.2, 0) is 0 Å². The number of hydrogen-bond acceptors (Lipinski definition) is 4. The lowest BCUT2D eigenvalue weighted by Crippen LogP contribution is -2.25. The quantitative estimate of drug-likeness (QED) is 0.619. The maximum Gasteiger partial charge on any atom is 0.229 e. The number of amidine groups is 1. The number of nitrogens with zero attached hydrogens (tertiary/aromatic N) is 3. The molecule has 2 aromatic rings. The molecular weight excluding hydrogens is 226 g/mol. The molecule has 5 heteroatoms. The highest BCUT2D eigenvalue weighted by molar-refractivity contribution is 5.77. The van der Waals surface area contributed by atoms with Gasteiger partial charge in [-0.25, -0.2) is 9.97 Å². The smallest absolute Gasteiger partial charge is 0.229 e. The van der Waals surface area contributed by atoms with Crippen LogP contribution in [-0.4, -0.2) is 22.3 Å². The van der Waals surface area contributed by atoms with Gasteiger partial charge in [0.15, 0.2) is 0 Å². The van der Waals surface area contributed by atoms with Crippen molar-refractivity contribution in [3.8, 4) is 0 Å². The van der Waals surface area contributed by atoms with Crippen molar-refractivity contribution < 1.29 is 0 Å². The third-order valence-corrected chi connectivity index (χ3v) is 2.47. The summed E-state index contributed by atoms with van der Waals surface area (Å²) in [4.78, 5) is 10.4. The Hall–Kier alpha value is -2.43. The fourth-order valence-corrected chi connectivity index (χ4v) is 1.62. The summed E-state index contributed by atoms with van der Waals surface area (Å²) in [5.41, 5.74) is 6.40. The zero-order valence-electron chi connectivity index (χ0n) is 9.95. The third kappa shape index (κ3) is 3.04. The van der Waals surface area contributed by atoms with E-state index in [1.54, 1.807) is 18.5 Å². The van der Waals surface area contributed by atoms with E-state index in [0.29, 0.717) is 18.9 Å². The van der Waals surface area contributed by atoms with Crippen LogP contribution >= 0.6 is 0 Å². The van der Waals surface area contributed by atoms with Crippen molar-refractivity contribution in [1.82, 2.24) is 9.97 Å². The van der Waals surface area contributed by atoms with Crippen LogP contribution in [0, 0.1) is 5.41 Å². The van der Waals surface area contributed by atoms with Crippen LogP contribution in [0.25, 0.3) is 0 Å². The molecule has 0 fully saturated rings. The topological polar surface area (TPSA) is 78.9 Å². The number of nitrogens with one attached hydrogen (secondary N) is 1. The lowest BCUT2D eigenvalue weighted by atomic mass is 10.2. The van der Waals surface area contributed by atoms with E-state index in [9.17, 15) is 0 Å². The molecule has 1 aromatic carbocycles. The number of nitrogens with two attached hydrogens (primary N) is 1. The number of para-hydroxylation sites is 1. The van der Waals surface area contributed by atoms with E-state index in [-0.39, 0.29) is 5.84 Å². The Balaban J connectivity index is 2.26. The molecule has 92 valence electrons. The molecule has 0 unspecified atom stereocenters. The molecule has 0 atom stereocenters. The predicted octanol–water partition coefficient (Wildman–Crippen LogP) is 1.94. The van der Waals surface area contributed by atoms with Crippen molar-refractivity contribution >= 4 is 17.5 Å². The number of rotatable bonds is 5. The third-order valence-electron chi connectivity index (χ3n) is 2.47. The normalized spacial score (nSPS) is 10.0. The summed E-state index contributed by atoms with van der Waals surface area (Å²) < 4.78 is 0. The maximum atomic E-state index is 7.32. The van der Waals surface area contributed by atoms with Crippen molar-refractivity contribution in [3.05, 3.63) is 48.8 Å². The number of anilines is 2. The fourth-order valence-electron chi connectivity index (χ4n) is 1.62. The minimum absolute atomic E-state index is 0.159. The summed E-state index contributed by atoms with van der Waals surface area (Å²) >= 11 is 0. The van der Waals surface area contributed by atoms with Gasteiger partial charge in [0.05, 0.1) is 5.84 Å². The zero-order valence-corrected chi connectivity index (χ0v) is 9.95. The van der Waals surface area contributed by atoms with Crippen LogP contribution in [0.2, 0.25) is 0 Å². The van der Waals surface area contributed by atoms with E-state index >= 15 is 0 Å². The summed E-state index contributed by atoms with van der Waals surface area (Å²) in [6.45, 7) is 0.587. The Morgan fingerprint density at radius 2 is 1.78 bits per heavy atom. The first kappa shape index (κ1) is 12.0. The Kier molecular flexibility index (Phi) is 3.86. The van der Waals surface area contributed by atoms with Crippen LogP contribution in [0.3, 0.4) is 0 Å². The fraction of sp³-hybridized carbons (Fsp3) is 0.154. The summed E-state index contributed by atoms with van der Waals surface area (Å²) in [6, 6.07) is 11.6. The van der Waals surface area contributed by atoms with E-state index in [0.717, 1.165) is 5.69 Å². The molecule has 0 saturated heterocycles. The van der Waals surface area contributed by atoms with E-state index in [1.165, 1.54) is 0 Å². The van der Waals surface area contributed by atoms with Crippen molar-refractivity contribution in [3.63, 3.8) is 0 Å². The molecule has 0 spiro atoms. The van der Waals surface area contributed by atoms with Crippen molar-refractivity contribution in [1.29, 1.82) is 5.41 Å². The molecule has 18 heavy (non-hydrogen) atoms. The molecule has 1 heterocycles. The van der Waals surface area contributed by atoms with E-state index in [2.05, 4.69) is 9.97 Å². The van der Waals surface area contributed by atoms with Gasteiger partial charge in [-0.1, -0.05) is 18.2 Å². The van der Waals surface area contributed by atoms with Crippen LogP contribution in [0.1, 0.15) is 6.42 Å². The minimum Gasteiger partial charge on any atom is -0.388 e. The second-order valence-corrected chi connectivity index (χ2v) is 3.81. The first-order valence-electron chi connectivity index (χ1n) is 5.70. The van der Waals surface area contributed by atoms with Gasteiger partial charge in [-0.05, 0) is 18.2 Å². The molecule has 0 amide bonds. The van der Waals surface area contributed by atoms with E-state index in [1.807, 2.05) is 35.2 Å². The molecule has 5 nitrogen and oxygen atoms in total. The van der Waals surface area contributed by atoms with E-state index in [4.69, 9.17) is 11.1 Å². The Morgan fingerprint density at radius 1 is 1.11 bits per heavy atom. The van der Waals surface area contributed by atoms with Crippen LogP contribution in [0.5, 0.6) is 0 Å². The molecular formula is C13H15N5. The standard InChI is InChI=1S/C13H15N5/c14-12(15)7-10-18(11-5-2-1-3-6-11)13-16-8-4-9-17-13/h1-6,8-9H,7,10H2,(H3,14,15). The largest absolute Gasteiger partial charge is 0.388 e. The summed E-state index contributed by atoms with van der Waals surface area (Å²) in [7, 11) is 0. The highest BCUT2D eigenvalue weighted by Gasteiger charge is 2.11. The second-order valence-electron chi connectivity index (χ2n) is 3.81. The molecule has 0 saturated carbocycles. The molecule has 1 aromatic heterocycles. The van der Waals surface area contributed by atoms with Gasteiger partial charge in [-0.2, -0.15) is 0 Å². The van der Waals surface area contributed by atoms with Crippen LogP contribution < -0.4 is 10.6 Å². The first-order chi connectivity index (χ1) is 8.77. The SMILES string of the molecule is N=C(N)CCN(c1ccccc1)c1ncccn1. The molecule has 2 rings (SSSR count). The minimum atomic E-state index is 0.159. The summed E-state index contributed by atoms with van der Waals surface area (Å²) in [5, 5.41) is 7.32. The Labute approximate surface area is 106 Å².